The molecule has 2 N–H and O–H groups in total. The molecule has 1 saturated heterocycles. The lowest BCUT2D eigenvalue weighted by atomic mass is 9.96. The van der Waals surface area contributed by atoms with Gasteiger partial charge < -0.3 is 15.0 Å². The van der Waals surface area contributed by atoms with Gasteiger partial charge in [-0.1, -0.05) is 0 Å². The summed E-state index contributed by atoms with van der Waals surface area (Å²) in [5, 5.41) is 5.61. The summed E-state index contributed by atoms with van der Waals surface area (Å²) in [6, 6.07) is 3.47. The SMILES string of the molecule is CC(F)[C@H]1OC(=O)Nc2nccc(-c3cc(C(F)(F)F)cc(N4CCN[C@@H](C)C4)n3)c21. The molecule has 1 amide bonds. The van der Waals surface area contributed by atoms with Crippen molar-refractivity contribution in [2.45, 2.75) is 38.3 Å². The molecular weight excluding hydrogens is 418 g/mol. The Labute approximate surface area is 175 Å². The van der Waals surface area contributed by atoms with Crippen LogP contribution in [0, 0.1) is 0 Å². The molecule has 3 atom stereocenters. The number of nitrogens with zero attached hydrogens (tertiary/aromatic N) is 3. The molecule has 0 bridgehead atoms. The highest BCUT2D eigenvalue weighted by Crippen LogP contribution is 2.41. The Morgan fingerprint density at radius 2 is 2.10 bits per heavy atom. The first-order valence-electron chi connectivity index (χ1n) is 9.82. The fourth-order valence-corrected chi connectivity index (χ4v) is 3.83. The minimum Gasteiger partial charge on any atom is -0.438 e. The molecule has 11 heteroatoms. The van der Waals surface area contributed by atoms with Crippen molar-refractivity contribution in [1.29, 1.82) is 0 Å². The number of aromatic nitrogens is 2. The highest BCUT2D eigenvalue weighted by atomic mass is 19.4. The summed E-state index contributed by atoms with van der Waals surface area (Å²) in [5.74, 6) is 0.217. The van der Waals surface area contributed by atoms with Gasteiger partial charge in [0.15, 0.2) is 6.10 Å². The van der Waals surface area contributed by atoms with Gasteiger partial charge in [-0.25, -0.2) is 19.2 Å². The van der Waals surface area contributed by atoms with Gasteiger partial charge in [-0.3, -0.25) is 5.32 Å². The molecule has 0 radical (unpaired) electrons. The first-order valence-corrected chi connectivity index (χ1v) is 9.82. The molecule has 0 saturated carbocycles. The second kappa shape index (κ2) is 7.95. The van der Waals surface area contributed by atoms with E-state index < -0.39 is 30.1 Å². The molecular formula is C20H21F4N5O2. The fourth-order valence-electron chi connectivity index (χ4n) is 3.83. The smallest absolute Gasteiger partial charge is 0.416 e. The largest absolute Gasteiger partial charge is 0.438 e. The van der Waals surface area contributed by atoms with E-state index in [4.69, 9.17) is 4.74 Å². The molecule has 4 rings (SSSR count). The molecule has 0 spiro atoms. The number of halogens is 4. The number of piperazine rings is 1. The van der Waals surface area contributed by atoms with E-state index in [2.05, 4.69) is 20.6 Å². The van der Waals surface area contributed by atoms with Crippen LogP contribution in [-0.2, 0) is 10.9 Å². The average Bonchev–Trinajstić information content (AvgIpc) is 2.71. The van der Waals surface area contributed by atoms with Crippen LogP contribution in [0.15, 0.2) is 24.4 Å². The lowest BCUT2D eigenvalue weighted by molar-refractivity contribution is -0.137. The number of nitrogens with one attached hydrogen (secondary N) is 2. The maximum absolute atomic E-state index is 14.3. The molecule has 1 unspecified atom stereocenters. The molecule has 2 aliphatic rings. The van der Waals surface area contributed by atoms with Crippen LogP contribution in [-0.4, -0.2) is 47.9 Å². The van der Waals surface area contributed by atoms with Crippen molar-refractivity contribution in [3.63, 3.8) is 0 Å². The number of alkyl halides is 4. The van der Waals surface area contributed by atoms with Crippen LogP contribution in [0.5, 0.6) is 0 Å². The van der Waals surface area contributed by atoms with Gasteiger partial charge in [-0.15, -0.1) is 0 Å². The molecule has 166 valence electrons. The van der Waals surface area contributed by atoms with E-state index in [1.54, 1.807) is 4.90 Å². The number of hydrogen-bond donors (Lipinski definition) is 2. The monoisotopic (exact) mass is 439 g/mol. The third kappa shape index (κ3) is 4.27. The Bertz CT molecular complexity index is 998. The van der Waals surface area contributed by atoms with Crippen LogP contribution in [0.3, 0.4) is 0 Å². The maximum Gasteiger partial charge on any atom is 0.416 e. The minimum absolute atomic E-state index is 0.0000553. The topological polar surface area (TPSA) is 79.4 Å². The zero-order chi connectivity index (χ0) is 22.3. The lowest BCUT2D eigenvalue weighted by Crippen LogP contribution is -2.49. The number of carbonyl (C=O) groups is 1. The fraction of sp³-hybridized carbons (Fsp3) is 0.450. The normalized spacial score (nSPS) is 22.4. The zero-order valence-electron chi connectivity index (χ0n) is 16.8. The lowest BCUT2D eigenvalue weighted by Gasteiger charge is -2.33. The quantitative estimate of drug-likeness (QED) is 0.706. The summed E-state index contributed by atoms with van der Waals surface area (Å²) in [6.07, 6.45) is -7.07. The van der Waals surface area contributed by atoms with Gasteiger partial charge >= 0.3 is 12.3 Å². The van der Waals surface area contributed by atoms with E-state index in [1.807, 2.05) is 6.92 Å². The highest BCUT2D eigenvalue weighted by molar-refractivity contribution is 5.89. The number of anilines is 2. The van der Waals surface area contributed by atoms with Gasteiger partial charge in [0.1, 0.15) is 17.8 Å². The third-order valence-corrected chi connectivity index (χ3v) is 5.25. The van der Waals surface area contributed by atoms with Gasteiger partial charge in [-0.05, 0) is 32.0 Å². The van der Waals surface area contributed by atoms with Crippen LogP contribution >= 0.6 is 0 Å². The Morgan fingerprint density at radius 1 is 1.32 bits per heavy atom. The van der Waals surface area contributed by atoms with Crippen LogP contribution in [0.1, 0.15) is 31.1 Å². The van der Waals surface area contributed by atoms with E-state index in [9.17, 15) is 22.4 Å². The number of cyclic esters (lactones) is 1. The summed E-state index contributed by atoms with van der Waals surface area (Å²) in [6.45, 7) is 4.74. The van der Waals surface area contributed by atoms with Crippen LogP contribution in [0.2, 0.25) is 0 Å². The summed E-state index contributed by atoms with van der Waals surface area (Å²) in [5.41, 5.74) is -0.492. The Morgan fingerprint density at radius 3 is 2.77 bits per heavy atom. The van der Waals surface area contributed by atoms with Gasteiger partial charge in [0.2, 0.25) is 0 Å². The molecule has 0 aromatic carbocycles. The minimum atomic E-state index is -4.60. The number of amides is 1. The number of carbonyl (C=O) groups excluding carboxylic acids is 1. The zero-order valence-corrected chi connectivity index (χ0v) is 16.8. The van der Waals surface area contributed by atoms with Crippen LogP contribution < -0.4 is 15.5 Å². The van der Waals surface area contributed by atoms with Crippen molar-refractivity contribution in [3.05, 3.63) is 35.5 Å². The molecule has 2 aliphatic heterocycles. The highest BCUT2D eigenvalue weighted by Gasteiger charge is 2.37. The van der Waals surface area contributed by atoms with Crippen molar-refractivity contribution in [2.24, 2.45) is 0 Å². The van der Waals surface area contributed by atoms with Crippen molar-refractivity contribution < 1.29 is 27.1 Å². The van der Waals surface area contributed by atoms with Gasteiger partial charge in [0, 0.05) is 43.0 Å². The second-order valence-electron chi connectivity index (χ2n) is 7.65. The van der Waals surface area contributed by atoms with E-state index >= 15 is 0 Å². The predicted octanol–water partition coefficient (Wildman–Crippen LogP) is 3.92. The maximum atomic E-state index is 14.3. The van der Waals surface area contributed by atoms with E-state index in [-0.39, 0.29) is 34.5 Å². The van der Waals surface area contributed by atoms with Crippen LogP contribution in [0.25, 0.3) is 11.3 Å². The standard InChI is InChI=1S/C20H21F4N5O2/c1-10-9-29(6-5-25-10)15-8-12(20(22,23)24)7-14(27-15)13-3-4-26-18-16(13)17(11(2)21)31-19(30)28-18/h3-4,7-8,10-11,17,25H,5-6,9H2,1-2H3,(H,26,28,30)/t10-,11?,17+/m0/s1. The van der Waals surface area contributed by atoms with E-state index in [1.165, 1.54) is 19.2 Å². The van der Waals surface area contributed by atoms with E-state index in [0.717, 1.165) is 12.1 Å². The Kier molecular flexibility index (Phi) is 5.46. The first-order chi connectivity index (χ1) is 14.6. The number of rotatable bonds is 3. The predicted molar refractivity (Wildman–Crippen MR) is 106 cm³/mol. The molecule has 2 aromatic rings. The molecule has 31 heavy (non-hydrogen) atoms. The summed E-state index contributed by atoms with van der Waals surface area (Å²) < 4.78 is 60.4. The van der Waals surface area contributed by atoms with Crippen LogP contribution in [0.4, 0.5) is 34.0 Å². The van der Waals surface area contributed by atoms with Gasteiger partial charge in [0.05, 0.1) is 11.3 Å². The number of pyridine rings is 2. The molecule has 4 heterocycles. The van der Waals surface area contributed by atoms with E-state index in [0.29, 0.717) is 19.6 Å². The number of ether oxygens (including phenoxy) is 1. The first kappa shape index (κ1) is 21.3. The van der Waals surface area contributed by atoms with Crippen molar-refractivity contribution >= 4 is 17.7 Å². The molecule has 2 aromatic heterocycles. The average molecular weight is 439 g/mol. The number of fused-ring (bicyclic) bond motifs is 1. The second-order valence-corrected chi connectivity index (χ2v) is 7.65. The van der Waals surface area contributed by atoms with Gasteiger partial charge in [-0.2, -0.15) is 13.2 Å². The Balaban J connectivity index is 1.88. The molecule has 0 aliphatic carbocycles. The molecule has 7 nitrogen and oxygen atoms in total. The summed E-state index contributed by atoms with van der Waals surface area (Å²) in [4.78, 5) is 22.0. The van der Waals surface area contributed by atoms with Gasteiger partial charge in [0.25, 0.3) is 0 Å². The summed E-state index contributed by atoms with van der Waals surface area (Å²) >= 11 is 0. The molecule has 1 fully saturated rings. The number of hydrogen-bond acceptors (Lipinski definition) is 6. The van der Waals surface area contributed by atoms with Crippen molar-refractivity contribution in [2.75, 3.05) is 29.9 Å². The van der Waals surface area contributed by atoms with Crippen molar-refractivity contribution in [1.82, 2.24) is 15.3 Å². The Hall–Kier alpha value is -2.95. The van der Waals surface area contributed by atoms with Crippen molar-refractivity contribution in [3.8, 4) is 11.3 Å². The third-order valence-electron chi connectivity index (χ3n) is 5.25. The summed E-state index contributed by atoms with van der Waals surface area (Å²) in [7, 11) is 0.